The number of amides is 1. The van der Waals surface area contributed by atoms with Crippen LogP contribution >= 0.6 is 23.2 Å². The molecule has 160 valence electrons. The lowest BCUT2D eigenvalue weighted by molar-refractivity contribution is -0.153. The van der Waals surface area contributed by atoms with Crippen molar-refractivity contribution in [2.75, 3.05) is 0 Å². The summed E-state index contributed by atoms with van der Waals surface area (Å²) in [4.78, 5) is 13.3. The Hall–Kier alpha value is -1.55. The van der Waals surface area contributed by atoms with E-state index in [0.717, 1.165) is 28.1 Å². The van der Waals surface area contributed by atoms with Gasteiger partial charge in [-0.3, -0.25) is 4.79 Å². The van der Waals surface area contributed by atoms with Crippen LogP contribution in [0.25, 0.3) is 0 Å². The van der Waals surface area contributed by atoms with Crippen molar-refractivity contribution in [3.63, 3.8) is 0 Å². The maximum Gasteiger partial charge on any atom is 0.229 e. The molecule has 30 heavy (non-hydrogen) atoms. The average Bonchev–Trinajstić information content (AvgIpc) is 2.93. The number of hydrogen-bond acceptors (Lipinski definition) is 2. The number of carbonyl (C=O) groups excluding carboxylic acids is 1. The molecule has 5 heteroatoms. The molecule has 2 aromatic carbocycles. The van der Waals surface area contributed by atoms with Crippen molar-refractivity contribution in [2.45, 2.75) is 64.0 Å². The van der Waals surface area contributed by atoms with Gasteiger partial charge in [-0.05, 0) is 87.3 Å². The van der Waals surface area contributed by atoms with Gasteiger partial charge in [-0.15, -0.1) is 0 Å². The fourth-order valence-electron chi connectivity index (χ4n) is 6.11. The number of halogens is 2. The molecule has 0 unspecified atom stereocenters. The minimum absolute atomic E-state index is 0.0246. The normalized spacial score (nSPS) is 31.4. The second-order valence-corrected chi connectivity index (χ2v) is 10.4. The topological polar surface area (TPSA) is 49.3 Å². The second kappa shape index (κ2) is 7.55. The van der Waals surface area contributed by atoms with Crippen molar-refractivity contribution < 1.29 is 9.90 Å². The predicted molar refractivity (Wildman–Crippen MR) is 122 cm³/mol. The third-order valence-electron chi connectivity index (χ3n) is 7.44. The number of aliphatic hydroxyl groups is 1. The van der Waals surface area contributed by atoms with Crippen LogP contribution in [0.2, 0.25) is 10.0 Å². The quantitative estimate of drug-likeness (QED) is 0.621. The molecule has 2 aromatic rings. The first-order chi connectivity index (χ1) is 14.1. The van der Waals surface area contributed by atoms with Crippen molar-refractivity contribution in [2.24, 2.45) is 11.3 Å². The van der Waals surface area contributed by atoms with Crippen molar-refractivity contribution in [1.82, 2.24) is 5.32 Å². The van der Waals surface area contributed by atoms with Gasteiger partial charge in [0.15, 0.2) is 0 Å². The lowest BCUT2D eigenvalue weighted by atomic mass is 9.50. The highest BCUT2D eigenvalue weighted by Crippen LogP contribution is 2.62. The third-order valence-corrected chi connectivity index (χ3v) is 8.02. The van der Waals surface area contributed by atoms with E-state index in [1.165, 1.54) is 0 Å². The zero-order valence-corrected chi connectivity index (χ0v) is 19.4. The number of fused-ring (bicyclic) bond motifs is 1. The van der Waals surface area contributed by atoms with Crippen molar-refractivity contribution >= 4 is 29.1 Å². The summed E-state index contributed by atoms with van der Waals surface area (Å²) in [6.45, 7) is 7.64. The molecule has 2 N–H and O–H groups in total. The summed E-state index contributed by atoms with van der Waals surface area (Å²) in [7, 11) is 0. The molecule has 5 atom stereocenters. The molecule has 3 nitrogen and oxygen atoms in total. The van der Waals surface area contributed by atoms with Crippen molar-refractivity contribution in [1.29, 1.82) is 0 Å². The summed E-state index contributed by atoms with van der Waals surface area (Å²) < 4.78 is 0. The summed E-state index contributed by atoms with van der Waals surface area (Å²) in [6, 6.07) is 14.1. The molecular weight excluding hydrogens is 417 g/mol. The number of nitrogens with one attached hydrogen (secondary N) is 1. The molecule has 1 heterocycles. The van der Waals surface area contributed by atoms with Gasteiger partial charge < -0.3 is 10.4 Å². The first-order valence-corrected chi connectivity index (χ1v) is 11.4. The Morgan fingerprint density at radius 3 is 2.40 bits per heavy atom. The van der Waals surface area contributed by atoms with Gasteiger partial charge >= 0.3 is 0 Å². The Morgan fingerprint density at radius 2 is 1.80 bits per heavy atom. The fraction of sp³-hybridized carbons (Fsp3) is 0.480. The molecule has 2 aliphatic rings. The zero-order valence-electron chi connectivity index (χ0n) is 17.9. The van der Waals surface area contributed by atoms with Crippen LogP contribution in [0.1, 0.15) is 62.1 Å². The molecule has 0 spiro atoms. The Kier molecular flexibility index (Phi) is 5.45. The summed E-state index contributed by atoms with van der Waals surface area (Å²) in [5.41, 5.74) is 1.38. The van der Waals surface area contributed by atoms with Gasteiger partial charge in [-0.1, -0.05) is 47.5 Å². The summed E-state index contributed by atoms with van der Waals surface area (Å²) in [5, 5.41) is 15.8. The van der Waals surface area contributed by atoms with Crippen LogP contribution in [0, 0.1) is 18.3 Å². The number of hydrogen-bond donors (Lipinski definition) is 2. The third kappa shape index (κ3) is 3.26. The molecule has 1 aliphatic heterocycles. The van der Waals surface area contributed by atoms with Crippen LogP contribution in [-0.2, 0) is 4.79 Å². The SMILES string of the molecule is Cc1ccc([C@@H]2CC[C@@]3(C(C)(C)O)C(=O)N[C@H](C)[C@H]3[C@H]2c2ccc(Cl)cc2)c(Cl)c1. The highest BCUT2D eigenvalue weighted by atomic mass is 35.5. The second-order valence-electron chi connectivity index (χ2n) is 9.57. The van der Waals surface area contributed by atoms with Gasteiger partial charge in [0.2, 0.25) is 5.91 Å². The van der Waals surface area contributed by atoms with E-state index in [1.54, 1.807) is 13.8 Å². The Balaban J connectivity index is 1.92. The Labute approximate surface area is 188 Å². The van der Waals surface area contributed by atoms with Gasteiger partial charge in [-0.25, -0.2) is 0 Å². The number of carbonyl (C=O) groups is 1. The minimum atomic E-state index is -1.14. The first kappa shape index (κ1) is 21.7. The smallest absolute Gasteiger partial charge is 0.229 e. The average molecular weight is 446 g/mol. The van der Waals surface area contributed by atoms with Gasteiger partial charge in [-0.2, -0.15) is 0 Å². The van der Waals surface area contributed by atoms with Crippen LogP contribution in [0.4, 0.5) is 0 Å². The Bertz CT molecular complexity index is 966. The van der Waals surface area contributed by atoms with E-state index in [9.17, 15) is 9.90 Å². The predicted octanol–water partition coefficient (Wildman–Crippen LogP) is 5.85. The van der Waals surface area contributed by atoms with E-state index in [2.05, 4.69) is 36.5 Å². The van der Waals surface area contributed by atoms with E-state index in [-0.39, 0.29) is 29.7 Å². The molecule has 2 fully saturated rings. The zero-order chi connectivity index (χ0) is 21.8. The molecule has 1 saturated carbocycles. The molecule has 0 aromatic heterocycles. The van der Waals surface area contributed by atoms with Crippen LogP contribution in [0.5, 0.6) is 0 Å². The largest absolute Gasteiger partial charge is 0.389 e. The van der Waals surface area contributed by atoms with Gasteiger partial charge in [0, 0.05) is 22.0 Å². The molecular formula is C25H29Cl2NO2. The van der Waals surface area contributed by atoms with Gasteiger partial charge in [0.1, 0.15) is 0 Å². The summed E-state index contributed by atoms with van der Waals surface area (Å²) in [6.07, 6.45) is 1.40. The van der Waals surface area contributed by atoms with E-state index >= 15 is 0 Å². The van der Waals surface area contributed by atoms with Crippen LogP contribution in [0.3, 0.4) is 0 Å². The molecule has 4 rings (SSSR count). The van der Waals surface area contributed by atoms with Crippen molar-refractivity contribution in [3.05, 3.63) is 69.2 Å². The lowest BCUT2D eigenvalue weighted by Crippen LogP contribution is -2.56. The minimum Gasteiger partial charge on any atom is -0.389 e. The monoisotopic (exact) mass is 445 g/mol. The highest BCUT2D eigenvalue weighted by molar-refractivity contribution is 6.31. The van der Waals surface area contributed by atoms with E-state index in [0.29, 0.717) is 11.4 Å². The van der Waals surface area contributed by atoms with Crippen LogP contribution in [-0.4, -0.2) is 22.7 Å². The molecule has 1 amide bonds. The van der Waals surface area contributed by atoms with E-state index in [4.69, 9.17) is 23.2 Å². The fourth-order valence-corrected chi connectivity index (χ4v) is 6.61. The van der Waals surface area contributed by atoms with Gasteiger partial charge in [0.25, 0.3) is 0 Å². The van der Waals surface area contributed by atoms with Crippen molar-refractivity contribution in [3.8, 4) is 0 Å². The number of benzene rings is 2. The van der Waals surface area contributed by atoms with E-state index in [1.807, 2.05) is 25.1 Å². The van der Waals surface area contributed by atoms with Crippen LogP contribution < -0.4 is 5.32 Å². The Morgan fingerprint density at radius 1 is 1.13 bits per heavy atom. The maximum absolute atomic E-state index is 13.3. The summed E-state index contributed by atoms with van der Waals surface area (Å²) >= 11 is 12.9. The molecule has 1 saturated heterocycles. The van der Waals surface area contributed by atoms with E-state index < -0.39 is 11.0 Å². The number of aryl methyl sites for hydroxylation is 1. The number of rotatable bonds is 3. The highest BCUT2D eigenvalue weighted by Gasteiger charge is 2.66. The standard InChI is InChI=1S/C25H29Cl2NO2/c1-14-5-10-18(20(27)13-14)19-11-12-25(24(3,4)30)22(15(2)28-23(25)29)21(19)16-6-8-17(26)9-7-16/h5-10,13,15,19,21-22,30H,11-12H2,1-4H3,(H,28,29)/t15-,19+,21+,22+,25+/m1/s1. The molecule has 0 bridgehead atoms. The first-order valence-electron chi connectivity index (χ1n) is 10.6. The lowest BCUT2D eigenvalue weighted by Gasteiger charge is -2.52. The summed E-state index contributed by atoms with van der Waals surface area (Å²) in [5.74, 6) is 0.0636. The molecule has 1 aliphatic carbocycles. The van der Waals surface area contributed by atoms with Gasteiger partial charge in [0.05, 0.1) is 11.0 Å². The van der Waals surface area contributed by atoms with Crippen LogP contribution in [0.15, 0.2) is 42.5 Å². The molecule has 0 radical (unpaired) electrons. The maximum atomic E-state index is 13.3.